The first kappa shape index (κ1) is 16.3. The Hall–Kier alpha value is -0.0800. The smallest absolute Gasteiger partial charge is 0.0658 e. The summed E-state index contributed by atoms with van der Waals surface area (Å²) in [6.45, 7) is 11.3. The second kappa shape index (κ2) is 7.26. The topological polar surface area (TPSA) is 21.3 Å². The maximum absolute atomic E-state index is 5.88. The molecule has 0 aromatic carbocycles. The molecule has 0 amide bonds. The molecule has 0 aliphatic heterocycles. The Labute approximate surface area is 126 Å². The highest BCUT2D eigenvalue weighted by atomic mass is 16.5. The molecule has 2 fully saturated rings. The summed E-state index contributed by atoms with van der Waals surface area (Å²) < 4.78 is 5.88. The van der Waals surface area contributed by atoms with Crippen LogP contribution in [0.15, 0.2) is 0 Å². The Morgan fingerprint density at radius 2 is 1.85 bits per heavy atom. The van der Waals surface area contributed by atoms with E-state index in [0.29, 0.717) is 17.6 Å². The lowest BCUT2D eigenvalue weighted by Gasteiger charge is -2.54. The lowest BCUT2D eigenvalue weighted by molar-refractivity contribution is -0.125. The molecule has 2 aliphatic rings. The summed E-state index contributed by atoms with van der Waals surface area (Å²) in [7, 11) is 0. The molecule has 0 aromatic rings. The number of ether oxygens (including phenoxy) is 1. The molecule has 0 aromatic heterocycles. The molecule has 2 nitrogen and oxygen atoms in total. The van der Waals surface area contributed by atoms with E-state index in [9.17, 15) is 0 Å². The van der Waals surface area contributed by atoms with Crippen molar-refractivity contribution in [2.75, 3.05) is 13.2 Å². The molecule has 2 heteroatoms. The first-order chi connectivity index (χ1) is 9.60. The number of nitrogens with one attached hydrogen (secondary N) is 1. The van der Waals surface area contributed by atoms with E-state index < -0.39 is 0 Å². The van der Waals surface area contributed by atoms with Crippen LogP contribution >= 0.6 is 0 Å². The van der Waals surface area contributed by atoms with Crippen molar-refractivity contribution in [2.45, 2.75) is 84.8 Å². The van der Waals surface area contributed by atoms with Gasteiger partial charge in [0.15, 0.2) is 0 Å². The summed E-state index contributed by atoms with van der Waals surface area (Å²) in [5, 5.41) is 3.83. The summed E-state index contributed by atoms with van der Waals surface area (Å²) in [6, 6.07) is 0.673. The third-order valence-corrected chi connectivity index (χ3v) is 6.19. The first-order valence-electron chi connectivity index (χ1n) is 8.95. The zero-order valence-electron chi connectivity index (χ0n) is 14.1. The quantitative estimate of drug-likeness (QED) is 0.747. The predicted octanol–water partition coefficient (Wildman–Crippen LogP) is 4.39. The largest absolute Gasteiger partial charge is 0.378 e. The van der Waals surface area contributed by atoms with Crippen molar-refractivity contribution in [1.29, 1.82) is 0 Å². The van der Waals surface area contributed by atoms with Crippen LogP contribution < -0.4 is 5.32 Å². The predicted molar refractivity (Wildman–Crippen MR) is 86.0 cm³/mol. The number of hydrogen-bond donors (Lipinski definition) is 1. The monoisotopic (exact) mass is 281 g/mol. The van der Waals surface area contributed by atoms with Crippen molar-refractivity contribution in [2.24, 2.45) is 17.3 Å². The second-order valence-electron chi connectivity index (χ2n) is 7.46. The Balaban J connectivity index is 1.67. The molecule has 0 spiro atoms. The van der Waals surface area contributed by atoms with Crippen LogP contribution in [0.2, 0.25) is 0 Å². The van der Waals surface area contributed by atoms with E-state index in [-0.39, 0.29) is 0 Å². The highest BCUT2D eigenvalue weighted by molar-refractivity contribution is 5.04. The average molecular weight is 281 g/mol. The van der Waals surface area contributed by atoms with Crippen molar-refractivity contribution in [3.8, 4) is 0 Å². The van der Waals surface area contributed by atoms with Crippen molar-refractivity contribution in [3.63, 3.8) is 0 Å². The van der Waals surface area contributed by atoms with E-state index in [2.05, 4.69) is 33.0 Å². The first-order valence-corrected chi connectivity index (χ1v) is 8.95. The van der Waals surface area contributed by atoms with Gasteiger partial charge in [-0.15, -0.1) is 0 Å². The normalized spacial score (nSPS) is 41.4. The molecule has 2 rings (SSSR count). The van der Waals surface area contributed by atoms with Gasteiger partial charge in [-0.3, -0.25) is 0 Å². The fourth-order valence-corrected chi connectivity index (χ4v) is 4.15. The molecule has 1 N–H and O–H groups in total. The lowest BCUT2D eigenvalue weighted by atomic mass is 9.61. The van der Waals surface area contributed by atoms with Crippen LogP contribution in [0.25, 0.3) is 0 Å². The zero-order valence-corrected chi connectivity index (χ0v) is 14.1. The van der Waals surface area contributed by atoms with Crippen molar-refractivity contribution < 1.29 is 4.74 Å². The minimum absolute atomic E-state index is 0.358. The highest BCUT2D eigenvalue weighted by Gasteiger charge is 2.50. The Kier molecular flexibility index (Phi) is 5.92. The summed E-state index contributed by atoms with van der Waals surface area (Å²) in [5.74, 6) is 1.95. The molecule has 0 radical (unpaired) electrons. The fraction of sp³-hybridized carbons (Fsp3) is 1.00. The molecule has 0 saturated heterocycles. The Morgan fingerprint density at radius 3 is 2.45 bits per heavy atom. The Morgan fingerprint density at radius 1 is 1.15 bits per heavy atom. The highest BCUT2D eigenvalue weighted by Crippen LogP contribution is 2.45. The minimum atomic E-state index is 0.358. The molecular weight excluding hydrogens is 246 g/mol. The van der Waals surface area contributed by atoms with Crippen LogP contribution in [-0.2, 0) is 4.74 Å². The van der Waals surface area contributed by atoms with Crippen LogP contribution in [-0.4, -0.2) is 25.3 Å². The van der Waals surface area contributed by atoms with Gasteiger partial charge in [-0.05, 0) is 44.6 Å². The van der Waals surface area contributed by atoms with Crippen molar-refractivity contribution >= 4 is 0 Å². The van der Waals surface area contributed by atoms with Crippen LogP contribution in [0, 0.1) is 17.3 Å². The minimum Gasteiger partial charge on any atom is -0.378 e. The van der Waals surface area contributed by atoms with E-state index >= 15 is 0 Å². The van der Waals surface area contributed by atoms with Gasteiger partial charge in [-0.2, -0.15) is 0 Å². The lowest BCUT2D eigenvalue weighted by Crippen LogP contribution is -2.62. The zero-order chi connectivity index (χ0) is 14.6. The molecule has 3 atom stereocenters. The van der Waals surface area contributed by atoms with Crippen molar-refractivity contribution in [1.82, 2.24) is 5.32 Å². The molecule has 20 heavy (non-hydrogen) atoms. The average Bonchev–Trinajstić information content (AvgIpc) is 2.46. The summed E-state index contributed by atoms with van der Waals surface area (Å²) >= 11 is 0. The SMILES string of the molecule is CCOC1CC(NCCC2CCC(C)CC2)C1(C)CC. The molecule has 0 heterocycles. The van der Waals surface area contributed by atoms with Crippen LogP contribution in [0.5, 0.6) is 0 Å². The van der Waals surface area contributed by atoms with Crippen LogP contribution in [0.1, 0.15) is 72.6 Å². The van der Waals surface area contributed by atoms with Gasteiger partial charge in [0.05, 0.1) is 6.10 Å². The van der Waals surface area contributed by atoms with Gasteiger partial charge in [0.2, 0.25) is 0 Å². The van der Waals surface area contributed by atoms with Crippen LogP contribution in [0.4, 0.5) is 0 Å². The van der Waals surface area contributed by atoms with Gasteiger partial charge in [-0.25, -0.2) is 0 Å². The van der Waals surface area contributed by atoms with Gasteiger partial charge in [0.25, 0.3) is 0 Å². The molecule has 3 unspecified atom stereocenters. The molecule has 118 valence electrons. The molecular formula is C18H35NO. The summed E-state index contributed by atoms with van der Waals surface area (Å²) in [6.07, 6.45) is 10.1. The number of rotatable bonds is 7. The number of hydrogen-bond acceptors (Lipinski definition) is 2. The molecule has 2 saturated carbocycles. The maximum Gasteiger partial charge on any atom is 0.0658 e. The third kappa shape index (κ3) is 3.57. The fourth-order valence-electron chi connectivity index (χ4n) is 4.15. The maximum atomic E-state index is 5.88. The van der Waals surface area contributed by atoms with Gasteiger partial charge in [0, 0.05) is 18.1 Å². The third-order valence-electron chi connectivity index (χ3n) is 6.19. The van der Waals surface area contributed by atoms with Crippen LogP contribution in [0.3, 0.4) is 0 Å². The van der Waals surface area contributed by atoms with E-state index in [1.807, 2.05) is 0 Å². The standard InChI is InChI=1S/C18H35NO/c1-5-18(4)16(13-17(18)20-6-2)19-12-11-15-9-7-14(3)8-10-15/h14-17,19H,5-13H2,1-4H3. The van der Waals surface area contributed by atoms with E-state index in [1.54, 1.807) is 0 Å². The summed E-state index contributed by atoms with van der Waals surface area (Å²) in [4.78, 5) is 0. The Bertz CT molecular complexity index is 285. The van der Waals surface area contributed by atoms with E-state index in [4.69, 9.17) is 4.74 Å². The second-order valence-corrected chi connectivity index (χ2v) is 7.46. The molecule has 0 bridgehead atoms. The van der Waals surface area contributed by atoms with Gasteiger partial charge in [-0.1, -0.05) is 46.5 Å². The van der Waals surface area contributed by atoms with Crippen molar-refractivity contribution in [3.05, 3.63) is 0 Å². The summed E-state index contributed by atoms with van der Waals surface area (Å²) in [5.41, 5.74) is 0.358. The van der Waals surface area contributed by atoms with Gasteiger partial charge in [0.1, 0.15) is 0 Å². The van der Waals surface area contributed by atoms with Gasteiger partial charge >= 0.3 is 0 Å². The van der Waals surface area contributed by atoms with Gasteiger partial charge < -0.3 is 10.1 Å². The van der Waals surface area contributed by atoms with E-state index in [1.165, 1.54) is 51.5 Å². The molecule has 2 aliphatic carbocycles. The van der Waals surface area contributed by atoms with E-state index in [0.717, 1.165) is 18.4 Å².